The van der Waals surface area contributed by atoms with Gasteiger partial charge in [-0.25, -0.2) is 15.4 Å². The van der Waals surface area contributed by atoms with Gasteiger partial charge in [0.1, 0.15) is 6.61 Å². The van der Waals surface area contributed by atoms with Crippen LogP contribution in [0.3, 0.4) is 0 Å². The molecule has 0 aliphatic heterocycles. The molecule has 0 aliphatic rings. The molecular formula is C25H30N4O2. The highest BCUT2D eigenvalue weighted by Crippen LogP contribution is 2.29. The number of aromatic nitrogens is 2. The average Bonchev–Trinajstić information content (AvgIpc) is 2.71. The van der Waals surface area contributed by atoms with Crippen LogP contribution in [-0.2, 0) is 12.0 Å². The Hall–Kier alpha value is -3.41. The van der Waals surface area contributed by atoms with Crippen molar-refractivity contribution in [3.63, 3.8) is 0 Å². The molecule has 3 aromatic rings. The van der Waals surface area contributed by atoms with E-state index in [9.17, 15) is 0 Å². The first kappa shape index (κ1) is 22.3. The molecule has 162 valence electrons. The van der Waals surface area contributed by atoms with Gasteiger partial charge in [-0.05, 0) is 60.2 Å². The topological polar surface area (TPSA) is 68.6 Å². The lowest BCUT2D eigenvalue weighted by Gasteiger charge is -2.19. The van der Waals surface area contributed by atoms with Crippen molar-refractivity contribution < 1.29 is 9.47 Å². The second kappa shape index (κ2) is 9.60. The van der Waals surface area contributed by atoms with Gasteiger partial charge in [0.05, 0.1) is 13.3 Å². The van der Waals surface area contributed by atoms with Gasteiger partial charge in [0, 0.05) is 11.4 Å². The molecule has 0 aliphatic carbocycles. The van der Waals surface area contributed by atoms with Crippen molar-refractivity contribution in [3.05, 3.63) is 76.6 Å². The summed E-state index contributed by atoms with van der Waals surface area (Å²) in [6.07, 6.45) is 1.69. The fraction of sp³-hybridized carbons (Fsp3) is 0.320. The molecule has 6 heteroatoms. The third-order valence-electron chi connectivity index (χ3n) is 4.76. The summed E-state index contributed by atoms with van der Waals surface area (Å²) in [6, 6.07) is 16.1. The van der Waals surface area contributed by atoms with Gasteiger partial charge in [0.2, 0.25) is 5.95 Å². The van der Waals surface area contributed by atoms with Crippen LogP contribution in [0.15, 0.2) is 53.6 Å². The summed E-state index contributed by atoms with van der Waals surface area (Å²) in [7, 11) is 1.63. The Kier molecular flexibility index (Phi) is 6.90. The first-order valence-electron chi connectivity index (χ1n) is 10.3. The van der Waals surface area contributed by atoms with Crippen molar-refractivity contribution >= 4 is 12.2 Å². The maximum Gasteiger partial charge on any atom is 0.243 e. The third kappa shape index (κ3) is 6.28. The minimum atomic E-state index is 0.138. The normalized spacial score (nSPS) is 11.5. The van der Waals surface area contributed by atoms with E-state index in [1.807, 2.05) is 38.1 Å². The summed E-state index contributed by atoms with van der Waals surface area (Å²) in [6.45, 7) is 10.9. The second-order valence-electron chi connectivity index (χ2n) is 8.49. The molecule has 0 unspecified atom stereocenters. The number of methoxy groups -OCH3 is 1. The van der Waals surface area contributed by atoms with Crippen LogP contribution in [0.1, 0.15) is 48.8 Å². The highest BCUT2D eigenvalue weighted by atomic mass is 16.5. The molecule has 31 heavy (non-hydrogen) atoms. The van der Waals surface area contributed by atoms with E-state index in [4.69, 9.17) is 9.47 Å². The van der Waals surface area contributed by atoms with Crippen molar-refractivity contribution in [2.75, 3.05) is 12.5 Å². The van der Waals surface area contributed by atoms with Crippen LogP contribution in [0.5, 0.6) is 11.5 Å². The van der Waals surface area contributed by atoms with Crippen LogP contribution in [-0.4, -0.2) is 23.3 Å². The van der Waals surface area contributed by atoms with Gasteiger partial charge in [-0.3, -0.25) is 0 Å². The fourth-order valence-corrected chi connectivity index (χ4v) is 3.09. The Morgan fingerprint density at radius 2 is 1.61 bits per heavy atom. The number of rotatable bonds is 7. The van der Waals surface area contributed by atoms with Crippen molar-refractivity contribution in [3.8, 4) is 11.5 Å². The Bertz CT molecular complexity index is 1030. The van der Waals surface area contributed by atoms with Crippen LogP contribution in [0.4, 0.5) is 5.95 Å². The number of hydrazone groups is 1. The Labute approximate surface area is 184 Å². The number of ether oxygens (including phenoxy) is 2. The molecule has 0 amide bonds. The first-order valence-corrected chi connectivity index (χ1v) is 10.3. The molecule has 0 spiro atoms. The van der Waals surface area contributed by atoms with Gasteiger partial charge in [-0.1, -0.05) is 45.0 Å². The van der Waals surface area contributed by atoms with E-state index in [0.717, 1.165) is 22.5 Å². The summed E-state index contributed by atoms with van der Waals surface area (Å²) in [5.74, 6) is 1.81. The van der Waals surface area contributed by atoms with E-state index in [-0.39, 0.29) is 5.41 Å². The lowest BCUT2D eigenvalue weighted by Crippen LogP contribution is -2.10. The van der Waals surface area contributed by atoms with Crippen LogP contribution in [0, 0.1) is 13.8 Å². The van der Waals surface area contributed by atoms with Gasteiger partial charge in [-0.2, -0.15) is 5.10 Å². The van der Waals surface area contributed by atoms with E-state index in [2.05, 4.69) is 65.5 Å². The van der Waals surface area contributed by atoms with Crippen LogP contribution >= 0.6 is 0 Å². The predicted molar refractivity (Wildman–Crippen MR) is 125 cm³/mol. The van der Waals surface area contributed by atoms with Crippen molar-refractivity contribution in [1.82, 2.24) is 9.97 Å². The minimum absolute atomic E-state index is 0.138. The van der Waals surface area contributed by atoms with E-state index < -0.39 is 0 Å². The number of nitrogens with zero attached hydrogens (tertiary/aromatic N) is 3. The zero-order valence-corrected chi connectivity index (χ0v) is 19.1. The van der Waals surface area contributed by atoms with Crippen molar-refractivity contribution in [2.24, 2.45) is 5.10 Å². The number of benzene rings is 2. The largest absolute Gasteiger partial charge is 0.493 e. The summed E-state index contributed by atoms with van der Waals surface area (Å²) in [4.78, 5) is 8.61. The summed E-state index contributed by atoms with van der Waals surface area (Å²) in [5, 5.41) is 4.22. The lowest BCUT2D eigenvalue weighted by atomic mass is 9.87. The van der Waals surface area contributed by atoms with Gasteiger partial charge in [-0.15, -0.1) is 0 Å². The van der Waals surface area contributed by atoms with E-state index in [1.54, 1.807) is 13.3 Å². The van der Waals surface area contributed by atoms with Crippen molar-refractivity contribution in [2.45, 2.75) is 46.6 Å². The number of hydrogen-bond acceptors (Lipinski definition) is 6. The van der Waals surface area contributed by atoms with Gasteiger partial charge < -0.3 is 9.47 Å². The molecular weight excluding hydrogens is 388 g/mol. The Balaban J connectivity index is 1.64. The van der Waals surface area contributed by atoms with E-state index in [1.165, 1.54) is 5.56 Å². The number of aryl methyl sites for hydroxylation is 2. The molecule has 6 nitrogen and oxygen atoms in total. The monoisotopic (exact) mass is 418 g/mol. The zero-order valence-electron chi connectivity index (χ0n) is 19.1. The highest BCUT2D eigenvalue weighted by Gasteiger charge is 2.13. The first-order chi connectivity index (χ1) is 14.7. The smallest absolute Gasteiger partial charge is 0.243 e. The number of anilines is 1. The molecule has 0 bridgehead atoms. The number of hydrogen-bond donors (Lipinski definition) is 1. The predicted octanol–water partition coefficient (Wildman–Crippen LogP) is 5.42. The quantitative estimate of drug-likeness (QED) is 0.410. The molecule has 1 N–H and O–H groups in total. The molecule has 1 aromatic heterocycles. The van der Waals surface area contributed by atoms with Gasteiger partial charge >= 0.3 is 0 Å². The van der Waals surface area contributed by atoms with Crippen molar-refractivity contribution in [1.29, 1.82) is 0 Å². The van der Waals surface area contributed by atoms with E-state index in [0.29, 0.717) is 24.1 Å². The average molecular weight is 419 g/mol. The van der Waals surface area contributed by atoms with Crippen LogP contribution < -0.4 is 14.9 Å². The standard InChI is InChI=1S/C25H30N4O2/c1-17-13-18(2)28-24(27-17)29-26-15-20-9-12-22(23(14-20)30-6)31-16-19-7-10-21(11-8-19)25(3,4)5/h7-15H,16H2,1-6H3,(H,27,28,29). The van der Waals surface area contributed by atoms with Gasteiger partial charge in [0.25, 0.3) is 0 Å². The molecule has 1 heterocycles. The number of nitrogens with one attached hydrogen (secondary N) is 1. The zero-order chi connectivity index (χ0) is 22.4. The molecule has 0 saturated carbocycles. The molecule has 2 aromatic carbocycles. The van der Waals surface area contributed by atoms with Crippen LogP contribution in [0.2, 0.25) is 0 Å². The molecule has 0 saturated heterocycles. The van der Waals surface area contributed by atoms with E-state index >= 15 is 0 Å². The second-order valence-corrected chi connectivity index (χ2v) is 8.49. The third-order valence-corrected chi connectivity index (χ3v) is 4.76. The van der Waals surface area contributed by atoms with Crippen LogP contribution in [0.25, 0.3) is 0 Å². The molecule has 0 fully saturated rings. The minimum Gasteiger partial charge on any atom is -0.493 e. The molecule has 0 atom stereocenters. The maximum atomic E-state index is 5.99. The van der Waals surface area contributed by atoms with Gasteiger partial charge in [0.15, 0.2) is 11.5 Å². The maximum absolute atomic E-state index is 5.99. The summed E-state index contributed by atoms with van der Waals surface area (Å²) < 4.78 is 11.5. The Morgan fingerprint density at radius 3 is 2.23 bits per heavy atom. The fourth-order valence-electron chi connectivity index (χ4n) is 3.09. The molecule has 3 rings (SSSR count). The molecule has 0 radical (unpaired) electrons. The summed E-state index contributed by atoms with van der Waals surface area (Å²) in [5.41, 5.74) is 8.07. The SMILES string of the molecule is COc1cc(C=NNc2nc(C)cc(C)n2)ccc1OCc1ccc(C(C)(C)C)cc1. The summed E-state index contributed by atoms with van der Waals surface area (Å²) >= 11 is 0. The highest BCUT2D eigenvalue weighted by molar-refractivity contribution is 5.81. The Morgan fingerprint density at radius 1 is 0.935 bits per heavy atom. The lowest BCUT2D eigenvalue weighted by molar-refractivity contribution is 0.284.